The van der Waals surface area contributed by atoms with Crippen LogP contribution < -0.4 is 67.5 Å². The molecule has 17 aromatic rings. The zero-order valence-corrected chi connectivity index (χ0v) is 75.8. The molecule has 2 heterocycles. The first-order chi connectivity index (χ1) is 69.0. The summed E-state index contributed by atoms with van der Waals surface area (Å²) in [7, 11) is 0. The predicted octanol–water partition coefficient (Wildman–Crippen LogP) is 24.8. The van der Waals surface area contributed by atoms with Gasteiger partial charge in [-0.25, -0.2) is 19.2 Å². The van der Waals surface area contributed by atoms with Crippen LogP contribution >= 0.6 is 0 Å². The number of hydrogen-bond donors (Lipinski definition) is 2. The van der Waals surface area contributed by atoms with E-state index in [-0.39, 0.29) is 193 Å². The van der Waals surface area contributed by atoms with Gasteiger partial charge in [-0.15, -0.1) is 0 Å². The van der Waals surface area contributed by atoms with Gasteiger partial charge in [0.15, 0.2) is 0 Å². The van der Waals surface area contributed by atoms with Gasteiger partial charge < -0.3 is 67.5 Å². The van der Waals surface area contributed by atoms with Gasteiger partial charge in [0.1, 0.15) is 127 Å². The van der Waals surface area contributed by atoms with E-state index in [0.717, 1.165) is 45.2 Å². The first kappa shape index (κ1) is 91.6. The van der Waals surface area contributed by atoms with Crippen molar-refractivity contribution in [3.05, 3.63) is 423 Å². The lowest BCUT2D eigenvalue weighted by Gasteiger charge is -2.36. The molecule has 0 fully saturated rings. The minimum Gasteiger partial charge on any atom is -0.457 e. The Bertz CT molecular complexity index is 7180. The van der Waals surface area contributed by atoms with Crippen LogP contribution in [0.1, 0.15) is 63.7 Å². The molecule has 2 aliphatic heterocycles. The van der Waals surface area contributed by atoms with Crippen LogP contribution in [0, 0.1) is 13.8 Å². The number of ether oxygens (including phenoxy) is 12. The van der Waals surface area contributed by atoms with Crippen LogP contribution in [-0.2, 0) is 41.6 Å². The highest BCUT2D eigenvalue weighted by Crippen LogP contribution is 2.59. The zero-order valence-electron chi connectivity index (χ0n) is 75.8. The molecule has 17 aromatic carbocycles. The Hall–Kier alpha value is -19.5. The third kappa shape index (κ3) is 19.6. The third-order valence-electron chi connectivity index (χ3n) is 23.2. The maximum Gasteiger partial charge on any atom is 0.335 e. The number of nitrogens with zero attached hydrogens (tertiary/aromatic N) is 2. The van der Waals surface area contributed by atoms with E-state index in [9.17, 15) is 19.2 Å². The van der Waals surface area contributed by atoms with E-state index in [4.69, 9.17) is 56.8 Å². The number of amides is 6. The van der Waals surface area contributed by atoms with Crippen molar-refractivity contribution in [2.45, 2.75) is 38.8 Å². The first-order valence-corrected chi connectivity index (χ1v) is 44.6. The maximum absolute atomic E-state index is 17.1. The summed E-state index contributed by atoms with van der Waals surface area (Å²) in [5.74, 6) is -5.61. The number of rotatable bonds is 34. The van der Waals surface area contributed by atoms with Crippen molar-refractivity contribution in [1.82, 2.24) is 9.80 Å². The van der Waals surface area contributed by atoms with Crippen LogP contribution in [0.15, 0.2) is 378 Å². The molecule has 0 aliphatic carbocycles. The van der Waals surface area contributed by atoms with Gasteiger partial charge in [0.2, 0.25) is 11.8 Å². The lowest BCUT2D eigenvalue weighted by molar-refractivity contribution is -0.129. The number of aryl methyl sites for hydroxylation is 2. The number of carbonyl (C=O) groups excluding carboxylic acids is 10. The molecule has 0 spiro atoms. The smallest absolute Gasteiger partial charge is 0.335 e. The summed E-state index contributed by atoms with van der Waals surface area (Å²) in [6.45, 7) is 17.8. The fraction of sp³-hybridized carbons (Fsp3) is 0.0517. The minimum absolute atomic E-state index is 0.0182. The standard InChI is InChI=1S/C116H80N4O22/c1-7-99(121)139-85-35-19-31-81(59-85)131-73-39-47-77(48-40-73)135-95-63-89-103-90(114(128)119(113(89)127)93(57-69-25-13-11-14-26-69)111(125)117-71-29-17-23-67(5)55-71)65-97(137-79-51-43-75(44-52-79)133-83-33-21-37-87(61-83)141-101(123)9-3)107-108-98(138-80-53-45-76(46-54-80)134-84-34-22-38-88(62-84)142-102(124)10-4)66-92-104-91(115(129)120(116(92)130)94(58-70-27-15-12-16-28-70)112(126)118-72-30-18-24-68(6)56-72)64-96(106(110(104)108)105(95)109(103)107)136-78-49-41-74(42-50-78)132-82-32-20-36-86(60-82)140-100(122)8-2/h7-56,59-66,93-94H,1-4,57-58H2,5-6H3,(H,117,125)(H,118,126). The summed E-state index contributed by atoms with van der Waals surface area (Å²) in [6.07, 6.45) is 3.67. The van der Waals surface area contributed by atoms with Gasteiger partial charge in [-0.05, 0) is 230 Å². The molecular formula is C116H80N4O22. The van der Waals surface area contributed by atoms with Gasteiger partial charge in [-0.3, -0.25) is 38.6 Å². The molecule has 696 valence electrons. The molecule has 0 radical (unpaired) electrons. The van der Waals surface area contributed by atoms with Crippen LogP contribution in [0.25, 0.3) is 43.1 Å². The van der Waals surface area contributed by atoms with Crippen LogP contribution in [0.5, 0.6) is 115 Å². The Kier molecular flexibility index (Phi) is 25.7. The minimum atomic E-state index is -1.61. The number of fused-ring (bicyclic) bond motifs is 2. The van der Waals surface area contributed by atoms with Crippen molar-refractivity contribution in [1.29, 1.82) is 0 Å². The van der Waals surface area contributed by atoms with Gasteiger partial charge in [0.25, 0.3) is 23.6 Å². The van der Waals surface area contributed by atoms with Crippen molar-refractivity contribution in [2.75, 3.05) is 10.6 Å². The highest BCUT2D eigenvalue weighted by molar-refractivity contribution is 6.45. The van der Waals surface area contributed by atoms with E-state index >= 15 is 28.8 Å². The van der Waals surface area contributed by atoms with E-state index in [1.54, 1.807) is 267 Å². The molecule has 2 unspecified atom stereocenters. The number of carbonyl (C=O) groups is 10. The first-order valence-electron chi connectivity index (χ1n) is 44.6. The van der Waals surface area contributed by atoms with E-state index in [1.165, 1.54) is 48.5 Å². The average molecular weight is 1880 g/mol. The van der Waals surface area contributed by atoms with Gasteiger partial charge >= 0.3 is 23.9 Å². The maximum atomic E-state index is 17.1. The summed E-state index contributed by atoms with van der Waals surface area (Å²) in [4.78, 5) is 152. The normalized spacial score (nSPS) is 12.3. The lowest BCUT2D eigenvalue weighted by atomic mass is 9.80. The molecule has 19 rings (SSSR count). The van der Waals surface area contributed by atoms with Gasteiger partial charge in [-0.2, -0.15) is 0 Å². The third-order valence-corrected chi connectivity index (χ3v) is 23.2. The van der Waals surface area contributed by atoms with E-state index < -0.39 is 71.4 Å². The second kappa shape index (κ2) is 39.8. The van der Waals surface area contributed by atoms with Crippen molar-refractivity contribution < 1.29 is 105 Å². The Balaban J connectivity index is 0.900. The predicted molar refractivity (Wildman–Crippen MR) is 532 cm³/mol. The highest BCUT2D eigenvalue weighted by Gasteiger charge is 2.47. The van der Waals surface area contributed by atoms with E-state index in [0.29, 0.717) is 22.5 Å². The number of nitrogens with one attached hydrogen (secondary N) is 2. The largest absolute Gasteiger partial charge is 0.457 e. The van der Waals surface area contributed by atoms with Crippen molar-refractivity contribution in [3.63, 3.8) is 0 Å². The summed E-state index contributed by atoms with van der Waals surface area (Å²) in [6, 6.07) is 85.3. The lowest BCUT2D eigenvalue weighted by Crippen LogP contribution is -2.53. The molecule has 2 N–H and O–H groups in total. The number of imide groups is 2. The Labute approximate surface area is 810 Å². The Morgan fingerprint density at radius 2 is 0.486 bits per heavy atom. The quantitative estimate of drug-likeness (QED) is 0.00945. The van der Waals surface area contributed by atoms with Crippen LogP contribution in [0.4, 0.5) is 11.4 Å². The van der Waals surface area contributed by atoms with Gasteiger partial charge in [-0.1, -0.05) is 136 Å². The molecule has 0 bridgehead atoms. The zero-order chi connectivity index (χ0) is 98.3. The molecule has 0 saturated heterocycles. The second-order valence-electron chi connectivity index (χ2n) is 32.9. The highest BCUT2D eigenvalue weighted by atomic mass is 16.6. The Morgan fingerprint density at radius 1 is 0.254 bits per heavy atom. The van der Waals surface area contributed by atoms with Crippen molar-refractivity contribution in [3.8, 4) is 115 Å². The molecule has 0 saturated carbocycles. The topological polar surface area (TPSA) is 312 Å². The molecule has 26 nitrogen and oxygen atoms in total. The number of benzene rings is 17. The molecule has 2 aliphatic rings. The monoisotopic (exact) mass is 1880 g/mol. The van der Waals surface area contributed by atoms with Crippen LogP contribution in [0.2, 0.25) is 0 Å². The number of hydrogen-bond acceptors (Lipinski definition) is 22. The van der Waals surface area contributed by atoms with Gasteiger partial charge in [0, 0.05) is 116 Å². The van der Waals surface area contributed by atoms with Crippen LogP contribution in [0.3, 0.4) is 0 Å². The fourth-order valence-corrected chi connectivity index (χ4v) is 17.0. The summed E-state index contributed by atoms with van der Waals surface area (Å²) >= 11 is 0. The molecule has 0 aromatic heterocycles. The molecule has 26 heteroatoms. The molecular weight excluding hydrogens is 1800 g/mol. The van der Waals surface area contributed by atoms with Crippen molar-refractivity contribution >= 4 is 114 Å². The molecule has 2 atom stereocenters. The van der Waals surface area contributed by atoms with E-state index in [1.807, 2.05) is 26.0 Å². The molecule has 6 amide bonds. The summed E-state index contributed by atoms with van der Waals surface area (Å²) < 4.78 is 77.0. The van der Waals surface area contributed by atoms with Crippen molar-refractivity contribution in [2.24, 2.45) is 0 Å². The Morgan fingerprint density at radius 3 is 0.725 bits per heavy atom. The van der Waals surface area contributed by atoms with Crippen LogP contribution in [-0.4, -0.2) is 81.2 Å². The summed E-state index contributed by atoms with van der Waals surface area (Å²) in [5.41, 5.74) is 2.71. The second-order valence-corrected chi connectivity index (χ2v) is 32.9. The molecule has 142 heavy (non-hydrogen) atoms. The number of esters is 4. The van der Waals surface area contributed by atoms with Gasteiger partial charge in [0.05, 0.1) is 22.3 Å². The summed E-state index contributed by atoms with van der Waals surface area (Å²) in [5, 5.41) is 6.26. The fourth-order valence-electron chi connectivity index (χ4n) is 17.0. The average Bonchev–Trinajstić information content (AvgIpc) is 0.668. The number of anilines is 2. The van der Waals surface area contributed by atoms with E-state index in [2.05, 4.69) is 36.9 Å². The SMILES string of the molecule is C=CC(=O)Oc1cccc(Oc2ccc(Oc3cc4c5c(cc(Oc6ccc(Oc7cccc(OC(=O)C=C)c7)cc6)c6c7c(Oc8ccc(Oc9cccc(OC(=O)C=C)c9)cc8)cc8c9c(cc(Oc%10ccc(Oc%11cccc(OC(=O)C=C)c%11)cc%10)c(c3c56)c97)C(=O)N(C(Cc3ccccc3)C(=O)Nc3cccc(C)c3)C8=O)C(=O)N(C(Cc3ccccc3)C(=O)Nc3cccc(C)c3)C4=O)cc2)c1.